The fourth-order valence-corrected chi connectivity index (χ4v) is 7.85. The molecule has 258 valence electrons. The van der Waals surface area contributed by atoms with Crippen molar-refractivity contribution >= 4 is 45.1 Å². The molecule has 8 rings (SSSR count). The van der Waals surface area contributed by atoms with Crippen molar-refractivity contribution in [3.05, 3.63) is 185 Å². The van der Waals surface area contributed by atoms with Gasteiger partial charge in [-0.3, -0.25) is 0 Å². The number of aliphatic imine (C=N–C) groups is 1. The van der Waals surface area contributed by atoms with Gasteiger partial charge < -0.3 is 5.32 Å². The molecule has 3 aliphatic rings. The van der Waals surface area contributed by atoms with E-state index in [0.717, 1.165) is 70.4 Å². The summed E-state index contributed by atoms with van der Waals surface area (Å²) in [6, 6.07) is 33.0. The van der Waals surface area contributed by atoms with E-state index in [1.165, 1.54) is 44.3 Å². The van der Waals surface area contributed by atoms with E-state index >= 15 is 0 Å². The lowest BCUT2D eigenvalue weighted by atomic mass is 9.85. The van der Waals surface area contributed by atoms with Gasteiger partial charge in [0.05, 0.1) is 17.1 Å². The number of nitrogens with one attached hydrogen (secondary N) is 1. The molecule has 0 spiro atoms. The van der Waals surface area contributed by atoms with Gasteiger partial charge in [-0.25, -0.2) is 4.99 Å². The summed E-state index contributed by atoms with van der Waals surface area (Å²) in [6.45, 7) is 10.8. The Morgan fingerprint density at radius 1 is 0.769 bits per heavy atom. The smallest absolute Gasteiger partial charge is 0.0949 e. The van der Waals surface area contributed by atoms with E-state index in [-0.39, 0.29) is 0 Å². The van der Waals surface area contributed by atoms with Crippen LogP contribution in [0.25, 0.3) is 39.1 Å². The highest BCUT2D eigenvalue weighted by Crippen LogP contribution is 2.44. The van der Waals surface area contributed by atoms with Gasteiger partial charge in [0.2, 0.25) is 0 Å². The van der Waals surface area contributed by atoms with Crippen LogP contribution < -0.4 is 5.32 Å². The molecule has 52 heavy (non-hydrogen) atoms. The van der Waals surface area contributed by atoms with Crippen molar-refractivity contribution in [2.75, 3.05) is 12.4 Å². The summed E-state index contributed by atoms with van der Waals surface area (Å²) < 4.78 is 0. The third kappa shape index (κ3) is 6.82. The Morgan fingerprint density at radius 3 is 2.29 bits per heavy atom. The molecule has 1 atom stereocenters. The Hall–Kier alpha value is -5.73. The normalized spacial score (nSPS) is 18.4. The fraction of sp³-hybridized carbons (Fsp3) is 0.180. The number of aryl methyl sites for hydroxylation is 1. The van der Waals surface area contributed by atoms with Crippen molar-refractivity contribution in [3.8, 4) is 11.1 Å². The molecule has 5 aromatic rings. The zero-order chi connectivity index (χ0) is 36.0. The molecule has 0 saturated carbocycles. The van der Waals surface area contributed by atoms with Crippen LogP contribution in [0.3, 0.4) is 0 Å². The van der Waals surface area contributed by atoms with E-state index in [2.05, 4.69) is 164 Å². The summed E-state index contributed by atoms with van der Waals surface area (Å²) in [5.41, 5.74) is 16.4. The summed E-state index contributed by atoms with van der Waals surface area (Å²) in [5.74, 6) is 0.502. The second kappa shape index (κ2) is 15.7. The van der Waals surface area contributed by atoms with E-state index in [1.807, 2.05) is 20.9 Å². The predicted molar refractivity (Wildman–Crippen MR) is 228 cm³/mol. The maximum absolute atomic E-state index is 5.55. The van der Waals surface area contributed by atoms with E-state index in [1.54, 1.807) is 0 Å². The van der Waals surface area contributed by atoms with Gasteiger partial charge in [0, 0.05) is 18.0 Å². The van der Waals surface area contributed by atoms with Crippen molar-refractivity contribution in [3.63, 3.8) is 0 Å². The number of hydrogen-bond acceptors (Lipinski definition) is 2. The fourth-order valence-electron chi connectivity index (χ4n) is 7.85. The Morgan fingerprint density at radius 2 is 1.52 bits per heavy atom. The Bertz CT molecular complexity index is 2340. The molecular weight excluding hydrogens is 629 g/mol. The molecule has 2 nitrogen and oxygen atoms in total. The summed E-state index contributed by atoms with van der Waals surface area (Å²) >= 11 is 0. The number of benzene rings is 5. The number of hydrogen-bond donors (Lipinski definition) is 1. The van der Waals surface area contributed by atoms with Crippen LogP contribution in [0, 0.1) is 12.8 Å². The lowest BCUT2D eigenvalue weighted by Gasteiger charge is -2.22. The van der Waals surface area contributed by atoms with Gasteiger partial charge in [-0.1, -0.05) is 148 Å². The lowest BCUT2D eigenvalue weighted by molar-refractivity contribution is 0.654. The molecule has 0 saturated heterocycles. The minimum absolute atomic E-state index is 0.502. The largest absolute Gasteiger partial charge is 0.386 e. The Kier molecular flexibility index (Phi) is 10.5. The van der Waals surface area contributed by atoms with Gasteiger partial charge in [0.1, 0.15) is 0 Å². The van der Waals surface area contributed by atoms with Gasteiger partial charge in [-0.2, -0.15) is 0 Å². The minimum atomic E-state index is 0.502. The second-order valence-electron chi connectivity index (χ2n) is 13.6. The summed E-state index contributed by atoms with van der Waals surface area (Å²) in [4.78, 5) is 5.55. The SMILES string of the molecule is C=C1/C=C(c2ccc(CC3C=CC=CC3)c(-c3ccccc3C)c2)\C=C/C(=Nc2c(NC)c3c(c4ccccc24)C=CCC3)c2ccccc21.CC. The third-order valence-electron chi connectivity index (χ3n) is 10.4. The topological polar surface area (TPSA) is 24.4 Å². The highest BCUT2D eigenvalue weighted by atomic mass is 14.9. The van der Waals surface area contributed by atoms with Crippen LogP contribution in [0.1, 0.15) is 65.6 Å². The first kappa shape index (κ1) is 34.7. The molecule has 0 fully saturated rings. The van der Waals surface area contributed by atoms with Crippen molar-refractivity contribution in [2.24, 2.45) is 10.9 Å². The molecule has 0 bridgehead atoms. The predicted octanol–water partition coefficient (Wildman–Crippen LogP) is 13.3. The van der Waals surface area contributed by atoms with Crippen molar-refractivity contribution in [1.29, 1.82) is 0 Å². The molecule has 1 N–H and O–H groups in total. The van der Waals surface area contributed by atoms with Gasteiger partial charge in [0.15, 0.2) is 0 Å². The number of nitrogens with zero attached hydrogens (tertiary/aromatic N) is 1. The molecule has 5 aromatic carbocycles. The number of allylic oxidation sites excluding steroid dienone is 10. The molecule has 0 aromatic heterocycles. The van der Waals surface area contributed by atoms with Crippen LogP contribution in [-0.2, 0) is 12.8 Å². The van der Waals surface area contributed by atoms with Gasteiger partial charge in [-0.15, -0.1) is 0 Å². The zero-order valence-electron chi connectivity index (χ0n) is 30.9. The molecular formula is C50H48N2. The van der Waals surface area contributed by atoms with E-state index < -0.39 is 0 Å². The van der Waals surface area contributed by atoms with Crippen LogP contribution >= 0.6 is 0 Å². The highest BCUT2D eigenvalue weighted by molar-refractivity contribution is 6.17. The zero-order valence-corrected chi connectivity index (χ0v) is 30.9. The minimum Gasteiger partial charge on any atom is -0.386 e. The van der Waals surface area contributed by atoms with Crippen LogP contribution in [0.4, 0.5) is 11.4 Å². The number of anilines is 1. The Balaban J connectivity index is 0.00000207. The molecule has 0 radical (unpaired) electrons. The van der Waals surface area contributed by atoms with Crippen LogP contribution in [-0.4, -0.2) is 12.8 Å². The average molecular weight is 677 g/mol. The number of rotatable bonds is 6. The summed E-state index contributed by atoms with van der Waals surface area (Å²) in [7, 11) is 2.02. The first-order valence-electron chi connectivity index (χ1n) is 18.8. The monoisotopic (exact) mass is 676 g/mol. The number of fused-ring (bicyclic) bond motifs is 4. The quantitative estimate of drug-likeness (QED) is 0.190. The first-order chi connectivity index (χ1) is 25.6. The molecule has 0 amide bonds. The maximum Gasteiger partial charge on any atom is 0.0949 e. The summed E-state index contributed by atoms with van der Waals surface area (Å²) in [5, 5.41) is 5.96. The first-order valence-corrected chi connectivity index (χ1v) is 18.8. The second-order valence-corrected chi connectivity index (χ2v) is 13.6. The van der Waals surface area contributed by atoms with Crippen molar-refractivity contribution in [2.45, 2.75) is 46.5 Å². The maximum atomic E-state index is 5.55. The van der Waals surface area contributed by atoms with E-state index in [4.69, 9.17) is 4.99 Å². The van der Waals surface area contributed by atoms with E-state index in [0.29, 0.717) is 5.92 Å². The summed E-state index contributed by atoms with van der Waals surface area (Å²) in [6.07, 6.45) is 24.3. The van der Waals surface area contributed by atoms with Crippen molar-refractivity contribution in [1.82, 2.24) is 0 Å². The molecule has 3 aliphatic carbocycles. The molecule has 0 heterocycles. The average Bonchev–Trinajstić information content (AvgIpc) is 3.20. The molecule has 2 heteroatoms. The van der Waals surface area contributed by atoms with Crippen LogP contribution in [0.2, 0.25) is 0 Å². The Labute approximate surface area is 310 Å². The third-order valence-corrected chi connectivity index (χ3v) is 10.4. The molecule has 1 unspecified atom stereocenters. The van der Waals surface area contributed by atoms with E-state index in [9.17, 15) is 0 Å². The van der Waals surface area contributed by atoms with Crippen LogP contribution in [0.15, 0.2) is 151 Å². The molecule has 0 aliphatic heterocycles. The standard InChI is InChI=1S/C48H42N2.C2H6/c1-32-15-7-8-18-38(32)45-31-36(25-26-37(45)30-34-16-5-4-6-17-34)35-27-28-46(42-22-12-9-19-39(42)33(2)29-35)50-48-44-24-14-11-21-41(44)40-20-10-13-23-43(40)47(48)49-3;1-2/h4-12,14-16,18-22,24-29,31,34,49H,2,13,17,23,30H2,1,3H3;1-2H3/b28-27-,35-29+,50-46?;. The lowest BCUT2D eigenvalue weighted by Crippen LogP contribution is -2.06. The highest BCUT2D eigenvalue weighted by Gasteiger charge is 2.21. The van der Waals surface area contributed by atoms with Gasteiger partial charge >= 0.3 is 0 Å². The van der Waals surface area contributed by atoms with Gasteiger partial charge in [0.25, 0.3) is 0 Å². The van der Waals surface area contributed by atoms with Crippen LogP contribution in [0.5, 0.6) is 0 Å². The van der Waals surface area contributed by atoms with Gasteiger partial charge in [-0.05, 0) is 118 Å². The van der Waals surface area contributed by atoms with Crippen molar-refractivity contribution < 1.29 is 0 Å².